The zero-order valence-corrected chi connectivity index (χ0v) is 77.4. The van der Waals surface area contributed by atoms with Gasteiger partial charge in [0.15, 0.2) is 11.5 Å². The Kier molecular flexibility index (Phi) is 44.3. The molecule has 5 aliphatic rings. The number of likely N-dealkylation sites (tertiary alicyclic amines) is 1. The molecule has 7 amide bonds. The topological polar surface area (TPSA) is 314 Å². The molecule has 5 aromatic rings. The number of carbonyl (C=O) groups excluding carboxylic acids is 8. The minimum atomic E-state index is -0.889. The predicted molar refractivity (Wildman–Crippen MR) is 467 cm³/mol. The molecule has 52 heteroatoms. The molecular weight excluding hydrogens is 1730 g/mol. The van der Waals surface area contributed by atoms with Crippen molar-refractivity contribution in [2.24, 2.45) is 0 Å². The molecule has 544 valence electrons. The number of imide groups is 3. The summed E-state index contributed by atoms with van der Waals surface area (Å²) >= 11 is 13.0. The number of likely N-dealkylation sites (N-methyl/N-ethyl adjacent to an activating group) is 3. The molecule has 7 heterocycles. The molecule has 0 bridgehead atoms. The second kappa shape index (κ2) is 48.7. The number of amides is 7. The molecule has 0 spiro atoms. The molecule has 0 aliphatic carbocycles. The second-order valence-electron chi connectivity index (χ2n) is 27.0. The number of nitrogens with zero attached hydrogens (tertiary/aromatic N) is 8. The molecule has 22 radical (unpaired) electrons. The van der Waals surface area contributed by atoms with Crippen LogP contribution < -0.4 is 123 Å². The summed E-state index contributed by atoms with van der Waals surface area (Å²) in [5, 5.41) is 30.8. The van der Waals surface area contributed by atoms with Crippen molar-refractivity contribution in [1.29, 1.82) is 0 Å². The molecule has 5 saturated heterocycles. The van der Waals surface area contributed by atoms with Gasteiger partial charge in [0.05, 0.1) is 14.7 Å². The number of hydrogen-bond acceptors (Lipinski definition) is 23. The summed E-state index contributed by atoms with van der Waals surface area (Å²) in [5.74, 6) is 2.22. The van der Waals surface area contributed by atoms with Crippen LogP contribution in [0.5, 0.6) is 23.0 Å². The van der Waals surface area contributed by atoms with Gasteiger partial charge in [0.25, 0.3) is 39.9 Å². The van der Waals surface area contributed by atoms with E-state index in [1.807, 2.05) is 39.8 Å². The van der Waals surface area contributed by atoms with Gasteiger partial charge < -0.3 is 46.2 Å². The zero-order chi connectivity index (χ0) is 82.6. The van der Waals surface area contributed by atoms with Crippen molar-refractivity contribution in [3.05, 3.63) is 140 Å². The molecule has 2 aromatic heterocycles. The molecule has 5 aliphatic heterocycles. The van der Waals surface area contributed by atoms with Crippen molar-refractivity contribution >= 4 is 290 Å². The molecule has 0 atom stereocenters. The van der Waals surface area contributed by atoms with Gasteiger partial charge in [-0.15, -0.1) is 0 Å². The number of thioether (sulfide) groups is 3. The second-order valence-corrected chi connectivity index (χ2v) is 32.5. The number of hydrogen-bond donors (Lipinski definition) is 3. The number of halogens is 3. The third kappa shape index (κ3) is 30.5. The van der Waals surface area contributed by atoms with E-state index in [0.717, 1.165) is 137 Å². The summed E-state index contributed by atoms with van der Waals surface area (Å²) in [6.45, 7) is 12.8. The van der Waals surface area contributed by atoms with Crippen molar-refractivity contribution in [3.8, 4) is 23.0 Å². The van der Waals surface area contributed by atoms with Gasteiger partial charge in [0.1, 0.15) is 42.0 Å². The Hall–Kier alpha value is -2.62. The number of aromatic nitrogens is 4. The van der Waals surface area contributed by atoms with Crippen LogP contribution in [0.25, 0.3) is 18.2 Å². The van der Waals surface area contributed by atoms with E-state index in [0.29, 0.717) is 55.1 Å². The first-order chi connectivity index (χ1) is 52.2. The summed E-state index contributed by atoms with van der Waals surface area (Å²) in [6, 6.07) is 10.2. The maximum absolute atomic E-state index is 12.3. The van der Waals surface area contributed by atoms with Crippen LogP contribution in [0.1, 0.15) is 110 Å². The van der Waals surface area contributed by atoms with Crippen molar-refractivity contribution in [2.45, 2.75) is 91.0 Å². The first kappa shape index (κ1) is 103. The van der Waals surface area contributed by atoms with Crippen LogP contribution in [0.15, 0.2) is 89.3 Å². The van der Waals surface area contributed by atoms with E-state index in [4.69, 9.17) is 109 Å². The monoisotopic (exact) mass is 1790 g/mol. The number of phenolic OH excluding ortho intramolecular Hbond substituents is 2. The SMILES string of the molecule is CN1C(=O)S/C(=C\c2cc(OCc3cnc(C4CCNCC4)nc3)c(O)cc2Br)C1=O.Cc1cc(Br)c(/C=C2\SC(=O)N(C)C2=O)cc1O.Cc1cc(Br)c(/C=C2\SC(=O)N(C)C2=O)cc1OCc1cnc(C2CCN(C(=O)OC(C)(C)C)CC2)nc1.O=CO[O-].[B]B([B])B([B])B(B(B([B])[B])B([B])[B])B(B([B])[B])B([B])[B].[H-].[K+].[K+]. The fourth-order valence-corrected chi connectivity index (χ4v) is 15.5. The van der Waals surface area contributed by atoms with Gasteiger partial charge in [-0.1, -0.05) is 47.8 Å². The summed E-state index contributed by atoms with van der Waals surface area (Å²) in [5.41, 5.74) is 4.79. The minimum absolute atomic E-state index is 0. The van der Waals surface area contributed by atoms with E-state index >= 15 is 0 Å². The van der Waals surface area contributed by atoms with Crippen molar-refractivity contribution in [2.75, 3.05) is 47.3 Å². The standard InChI is InChI=1S/C27H31BrN4O5S.C21H21BrN4O4S.C12H10BrNO3S.CH2O3.B20.2K.H/c1-16-10-20(28)19(12-22-24(33)31(5)26(35)38-22)11-21(16)36-15-17-13-29-23(30-14-17)18-6-8-32(9-7-18)25(34)37-27(2,3)4;1-26-20(28)18(31-21(26)29)7-14-6-17(16(27)8-15(14)22)30-11-12-9-24-19(25-10-12)13-2-4-23-5-3-13;1-6-3-8(13)7(4-9(6)15)5-10-11(16)14(2)12(17)18-10;2-1-4-3;1-12(2)17(11)20(18(13(3)4)14(5)6)19(15(7)8)16(9)10;;;/h10-14,18H,6-9,15H2,1-5H3;6-10,13,23,27H,2-5,11H2,1H3;3-5,15H,1-2H3;1,3H;;;;/q;;;;;2*+1;-1/p-1/b22-12-;18-7-;10-5-;;;;;. The molecule has 5 fully saturated rings. The fraction of sp³-hybridized carbons (Fsp3) is 0.344. The molecule has 3 N–H and O–H groups in total. The van der Waals surface area contributed by atoms with Gasteiger partial charge in [-0.2, -0.15) is 0 Å². The molecule has 3 aromatic carbocycles. The summed E-state index contributed by atoms with van der Waals surface area (Å²) in [4.78, 5) is 119. The number of benzene rings is 3. The van der Waals surface area contributed by atoms with Crippen LogP contribution in [0.4, 0.5) is 19.2 Å². The van der Waals surface area contributed by atoms with E-state index in [1.165, 1.54) is 27.2 Å². The Morgan fingerprint density at radius 3 is 1.27 bits per heavy atom. The first-order valence-electron chi connectivity index (χ1n) is 34.2. The van der Waals surface area contributed by atoms with Crippen molar-refractivity contribution < 1.29 is 177 Å². The Labute approximate surface area is 802 Å². The Bertz CT molecular complexity index is 4250. The summed E-state index contributed by atoms with van der Waals surface area (Å²) in [7, 11) is 67.5. The maximum Gasteiger partial charge on any atom is 1.00 e. The van der Waals surface area contributed by atoms with Crippen LogP contribution in [-0.2, 0) is 42.0 Å². The van der Waals surface area contributed by atoms with Crippen LogP contribution in [-0.4, -0.2) is 291 Å². The minimum Gasteiger partial charge on any atom is -1.00 e. The first-order valence-corrected chi connectivity index (χ1v) is 39.1. The number of aromatic hydroxyl groups is 2. The molecule has 113 heavy (non-hydrogen) atoms. The van der Waals surface area contributed by atoms with Gasteiger partial charge in [0.2, 0.25) is 0 Å². The number of aryl methyl sites for hydroxylation is 2. The number of carbonyl (C=O) groups is 8. The van der Waals surface area contributed by atoms with Gasteiger partial charge in [-0.25, -0.2) is 24.7 Å². The Morgan fingerprint density at radius 2 is 0.920 bits per heavy atom. The van der Waals surface area contributed by atoms with E-state index in [9.17, 15) is 43.8 Å². The zero-order valence-electron chi connectivity index (χ0n) is 65.0. The number of rotatable bonds is 20. The summed E-state index contributed by atoms with van der Waals surface area (Å²) in [6.07, 6.45) is 8.13. The largest absolute Gasteiger partial charge is 1.00 e. The van der Waals surface area contributed by atoms with E-state index in [1.54, 1.807) is 73.0 Å². The predicted octanol–water partition coefficient (Wildman–Crippen LogP) is -2.37. The van der Waals surface area contributed by atoms with E-state index in [2.05, 4.69) is 77.9 Å². The quantitative estimate of drug-likeness (QED) is 0.0241. The van der Waals surface area contributed by atoms with Crippen molar-refractivity contribution in [3.63, 3.8) is 0 Å². The molecule has 0 unspecified atom stereocenters. The third-order valence-electron chi connectivity index (χ3n) is 17.6. The van der Waals surface area contributed by atoms with Gasteiger partial charge in [0, 0.05) is 238 Å². The van der Waals surface area contributed by atoms with Crippen LogP contribution in [0.2, 0.25) is 0 Å². The number of ether oxygens (including phenoxy) is 3. The van der Waals surface area contributed by atoms with Gasteiger partial charge in [-0.05, 0) is 191 Å². The smallest absolute Gasteiger partial charge is 1.00 e. The van der Waals surface area contributed by atoms with Crippen LogP contribution in [0, 0.1) is 13.8 Å². The average molecular weight is 1790 g/mol. The number of piperidine rings is 2. The van der Waals surface area contributed by atoms with E-state index < -0.39 is 63.1 Å². The molecular formula is C61H64B20Br3K2N9O15S3. The normalized spacial score (nSPS) is 15.8. The molecule has 10 rings (SSSR count). The Balaban J connectivity index is 0.000000399. The number of nitrogens with one attached hydrogen (secondary N) is 1. The Morgan fingerprint density at radius 1 is 0.566 bits per heavy atom. The maximum atomic E-state index is 12.3. The van der Waals surface area contributed by atoms with Crippen LogP contribution >= 0.6 is 83.1 Å². The average Bonchev–Trinajstić information content (AvgIpc) is 1.62. The van der Waals surface area contributed by atoms with Gasteiger partial charge >= 0.3 is 109 Å². The third-order valence-corrected chi connectivity index (χ3v) is 22.5. The molecule has 0 saturated carbocycles. The van der Waals surface area contributed by atoms with E-state index in [-0.39, 0.29) is 187 Å². The van der Waals surface area contributed by atoms with Crippen molar-refractivity contribution in [1.82, 2.24) is 44.9 Å². The van der Waals surface area contributed by atoms with Crippen LogP contribution in [0.3, 0.4) is 0 Å². The molecule has 24 nitrogen and oxygen atoms in total. The van der Waals surface area contributed by atoms with Gasteiger partial charge in [-0.3, -0.25) is 48.3 Å². The summed E-state index contributed by atoms with van der Waals surface area (Å²) < 4.78 is 19.5. The number of phenols is 2. The fourth-order valence-electron chi connectivity index (χ4n) is 11.5.